The molecular weight excluding hydrogens is 272 g/mol. The number of aromatic nitrogens is 2. The molecule has 0 fully saturated rings. The van der Waals surface area contributed by atoms with Gasteiger partial charge in [0.05, 0.1) is 11.4 Å². The van der Waals surface area contributed by atoms with E-state index in [2.05, 4.69) is 16.8 Å². The van der Waals surface area contributed by atoms with Gasteiger partial charge >= 0.3 is 0 Å². The lowest BCUT2D eigenvalue weighted by molar-refractivity contribution is 0.0788. The van der Waals surface area contributed by atoms with E-state index >= 15 is 0 Å². The quantitative estimate of drug-likeness (QED) is 0.878. The molecule has 6 heteroatoms. The molecule has 0 bridgehead atoms. The van der Waals surface area contributed by atoms with E-state index in [1.807, 2.05) is 20.8 Å². The molecule has 106 valence electrons. The molecule has 2 aromatic heterocycles. The van der Waals surface area contributed by atoms with Crippen LogP contribution in [0.25, 0.3) is 10.2 Å². The van der Waals surface area contributed by atoms with Gasteiger partial charge in [0.25, 0.3) is 5.91 Å². The highest BCUT2D eigenvalue weighted by Gasteiger charge is 2.22. The molecule has 5 nitrogen and oxygen atoms in total. The average molecular weight is 290 g/mol. The number of nitrogens with zero attached hydrogens (tertiary/aromatic N) is 3. The van der Waals surface area contributed by atoms with E-state index in [9.17, 15) is 4.79 Å². The van der Waals surface area contributed by atoms with Crippen LogP contribution >= 0.6 is 11.3 Å². The third kappa shape index (κ3) is 2.27. The van der Waals surface area contributed by atoms with E-state index < -0.39 is 0 Å². The zero-order valence-corrected chi connectivity index (χ0v) is 12.8. The summed E-state index contributed by atoms with van der Waals surface area (Å²) in [6.07, 6.45) is 1.71. The number of nitrogens with two attached hydrogens (primary N) is 1. The molecule has 0 unspecified atom stereocenters. The van der Waals surface area contributed by atoms with Crippen molar-refractivity contribution >= 4 is 33.1 Å². The van der Waals surface area contributed by atoms with E-state index in [1.54, 1.807) is 11.0 Å². The van der Waals surface area contributed by atoms with Crippen LogP contribution in [0.3, 0.4) is 0 Å². The lowest BCUT2D eigenvalue weighted by Gasteiger charge is -2.18. The molecule has 0 aliphatic rings. The van der Waals surface area contributed by atoms with Gasteiger partial charge in [-0.15, -0.1) is 23.0 Å². The van der Waals surface area contributed by atoms with Gasteiger partial charge in [-0.25, -0.2) is 0 Å². The Kier molecular flexibility index (Phi) is 4.04. The summed E-state index contributed by atoms with van der Waals surface area (Å²) in [5.41, 5.74) is 8.49. The minimum absolute atomic E-state index is 0.0787. The van der Waals surface area contributed by atoms with Crippen molar-refractivity contribution in [2.75, 3.05) is 18.8 Å². The van der Waals surface area contributed by atoms with Crippen molar-refractivity contribution in [3.63, 3.8) is 0 Å². The third-order valence-corrected chi connectivity index (χ3v) is 4.43. The third-order valence-electron chi connectivity index (χ3n) is 3.35. The summed E-state index contributed by atoms with van der Waals surface area (Å²) in [6.45, 7) is 10.6. The predicted octanol–water partition coefficient (Wildman–Crippen LogP) is 2.54. The monoisotopic (exact) mass is 290 g/mol. The Balaban J connectivity index is 2.56. The number of carbonyl (C=O) groups is 1. The average Bonchev–Trinajstić information content (AvgIpc) is 2.77. The molecule has 20 heavy (non-hydrogen) atoms. The van der Waals surface area contributed by atoms with Crippen molar-refractivity contribution in [1.29, 1.82) is 0 Å². The van der Waals surface area contributed by atoms with Crippen LogP contribution in [0.1, 0.15) is 27.9 Å². The largest absolute Gasteiger partial charge is 0.397 e. The molecule has 1 amide bonds. The van der Waals surface area contributed by atoms with Crippen molar-refractivity contribution in [2.45, 2.75) is 20.8 Å². The fraction of sp³-hybridized carbons (Fsp3) is 0.357. The number of fused-ring (bicyclic) bond motifs is 1. The van der Waals surface area contributed by atoms with Gasteiger partial charge in [-0.2, -0.15) is 5.10 Å². The van der Waals surface area contributed by atoms with Crippen LogP contribution in [0.5, 0.6) is 0 Å². The molecule has 2 aromatic rings. The molecule has 2 heterocycles. The van der Waals surface area contributed by atoms with Crippen LogP contribution in [-0.4, -0.2) is 34.1 Å². The van der Waals surface area contributed by atoms with E-state index in [0.717, 1.165) is 16.6 Å². The summed E-state index contributed by atoms with van der Waals surface area (Å²) >= 11 is 1.30. The number of carbonyl (C=O) groups excluding carboxylic acids is 1. The summed E-state index contributed by atoms with van der Waals surface area (Å²) in [6, 6.07) is 0. The number of hydrogen-bond acceptors (Lipinski definition) is 5. The number of aryl methyl sites for hydroxylation is 2. The Bertz CT molecular complexity index is 677. The maximum absolute atomic E-state index is 12.5. The van der Waals surface area contributed by atoms with Gasteiger partial charge in [0.15, 0.2) is 0 Å². The highest BCUT2D eigenvalue weighted by Crippen LogP contribution is 2.35. The van der Waals surface area contributed by atoms with Crippen molar-refractivity contribution in [3.8, 4) is 0 Å². The lowest BCUT2D eigenvalue weighted by Crippen LogP contribution is -2.30. The molecule has 0 atom stereocenters. The smallest absolute Gasteiger partial charge is 0.266 e. The Labute approximate surface area is 122 Å². The van der Waals surface area contributed by atoms with E-state index in [1.165, 1.54) is 11.3 Å². The summed E-state index contributed by atoms with van der Waals surface area (Å²) < 4.78 is 0. The fourth-order valence-corrected chi connectivity index (χ4v) is 3.12. The topological polar surface area (TPSA) is 72.1 Å². The molecular formula is C14H18N4OS. The summed E-state index contributed by atoms with van der Waals surface area (Å²) in [5, 5.41) is 9.07. The summed E-state index contributed by atoms with van der Waals surface area (Å²) in [4.78, 5) is 15.5. The Morgan fingerprint density at radius 1 is 1.45 bits per heavy atom. The fourth-order valence-electron chi connectivity index (χ4n) is 2.05. The second-order valence-electron chi connectivity index (χ2n) is 4.57. The number of rotatable bonds is 4. The molecule has 0 radical (unpaired) electrons. The second kappa shape index (κ2) is 5.58. The number of anilines is 1. The van der Waals surface area contributed by atoms with Crippen molar-refractivity contribution in [3.05, 3.63) is 28.8 Å². The number of nitrogen functional groups attached to an aromatic ring is 1. The van der Waals surface area contributed by atoms with Crippen LogP contribution in [0, 0.1) is 13.8 Å². The normalized spacial score (nSPS) is 10.8. The van der Waals surface area contributed by atoms with Gasteiger partial charge in [0, 0.05) is 18.5 Å². The lowest BCUT2D eigenvalue weighted by atomic mass is 10.1. The first-order chi connectivity index (χ1) is 9.51. The van der Waals surface area contributed by atoms with Crippen LogP contribution in [0.15, 0.2) is 12.7 Å². The first-order valence-corrected chi connectivity index (χ1v) is 7.24. The van der Waals surface area contributed by atoms with Crippen LogP contribution in [-0.2, 0) is 0 Å². The predicted molar refractivity (Wildman–Crippen MR) is 83.1 cm³/mol. The highest BCUT2D eigenvalue weighted by atomic mass is 32.1. The molecule has 0 aliphatic heterocycles. The zero-order chi connectivity index (χ0) is 14.9. The van der Waals surface area contributed by atoms with E-state index in [4.69, 9.17) is 5.73 Å². The second-order valence-corrected chi connectivity index (χ2v) is 5.57. The van der Waals surface area contributed by atoms with Gasteiger partial charge in [-0.1, -0.05) is 6.08 Å². The van der Waals surface area contributed by atoms with E-state index in [-0.39, 0.29) is 5.91 Å². The van der Waals surface area contributed by atoms with Crippen molar-refractivity contribution in [2.24, 2.45) is 0 Å². The molecule has 0 saturated heterocycles. The number of amides is 1. The molecule has 2 N–H and O–H groups in total. The zero-order valence-electron chi connectivity index (χ0n) is 11.9. The Morgan fingerprint density at radius 3 is 2.75 bits per heavy atom. The number of thiophene rings is 1. The minimum atomic E-state index is -0.0787. The van der Waals surface area contributed by atoms with Crippen LogP contribution in [0.2, 0.25) is 0 Å². The molecule has 0 aromatic carbocycles. The standard InChI is InChI=1S/C14H18N4OS/c1-5-7-18(6-2)14(19)12-11(15)10-8(3)9(4)16-17-13(10)20-12/h5H,1,6-7,15H2,2-4H3. The first kappa shape index (κ1) is 14.5. The Hall–Kier alpha value is -1.95. The molecule has 0 spiro atoms. The van der Waals surface area contributed by atoms with Crippen LogP contribution in [0.4, 0.5) is 5.69 Å². The first-order valence-electron chi connectivity index (χ1n) is 6.43. The van der Waals surface area contributed by atoms with Gasteiger partial charge in [-0.05, 0) is 26.3 Å². The summed E-state index contributed by atoms with van der Waals surface area (Å²) in [7, 11) is 0. The van der Waals surface area contributed by atoms with Crippen molar-refractivity contribution in [1.82, 2.24) is 15.1 Å². The Morgan fingerprint density at radius 2 is 2.15 bits per heavy atom. The molecule has 2 rings (SSSR count). The van der Waals surface area contributed by atoms with Gasteiger partial charge < -0.3 is 10.6 Å². The maximum Gasteiger partial charge on any atom is 0.266 e. The SMILES string of the molecule is C=CCN(CC)C(=O)c1sc2nnc(C)c(C)c2c1N. The van der Waals surface area contributed by atoms with Gasteiger partial charge in [0.1, 0.15) is 9.71 Å². The number of hydrogen-bond donors (Lipinski definition) is 1. The maximum atomic E-state index is 12.5. The number of likely N-dealkylation sites (N-methyl/N-ethyl adjacent to an activating group) is 1. The molecule has 0 saturated carbocycles. The van der Waals surface area contributed by atoms with Gasteiger partial charge in [0.2, 0.25) is 0 Å². The van der Waals surface area contributed by atoms with Crippen LogP contribution < -0.4 is 5.73 Å². The van der Waals surface area contributed by atoms with Crippen molar-refractivity contribution < 1.29 is 4.79 Å². The highest BCUT2D eigenvalue weighted by molar-refractivity contribution is 7.21. The summed E-state index contributed by atoms with van der Waals surface area (Å²) in [5.74, 6) is -0.0787. The van der Waals surface area contributed by atoms with Gasteiger partial charge in [-0.3, -0.25) is 4.79 Å². The van der Waals surface area contributed by atoms with E-state index in [0.29, 0.717) is 28.5 Å². The minimum Gasteiger partial charge on any atom is -0.397 e. The molecule has 0 aliphatic carbocycles.